The third-order valence-electron chi connectivity index (χ3n) is 2.70. The van der Waals surface area contributed by atoms with Crippen LogP contribution in [0.3, 0.4) is 0 Å². The zero-order chi connectivity index (χ0) is 13.1. The summed E-state index contributed by atoms with van der Waals surface area (Å²) in [6.45, 7) is 0.839. The van der Waals surface area contributed by atoms with Gasteiger partial charge in [0.1, 0.15) is 19.2 Å². The minimum absolute atomic E-state index is 0.122. The molecule has 0 radical (unpaired) electrons. The molecule has 1 aromatic heterocycles. The molecule has 0 spiro atoms. The molecule has 1 aliphatic rings. The number of carbonyl (C=O) groups is 1. The zero-order valence-electron chi connectivity index (χ0n) is 10.1. The number of amides is 1. The fourth-order valence-corrected chi connectivity index (χ4v) is 1.77. The van der Waals surface area contributed by atoms with E-state index in [1.54, 1.807) is 0 Å². The predicted octanol–water partition coefficient (Wildman–Crippen LogP) is 0.323. The minimum atomic E-state index is -0.122. The Morgan fingerprint density at radius 1 is 1.37 bits per heavy atom. The van der Waals surface area contributed by atoms with Crippen molar-refractivity contribution in [3.63, 3.8) is 0 Å². The Kier molecular flexibility index (Phi) is 3.01. The van der Waals surface area contributed by atoms with Crippen LogP contribution in [0.2, 0.25) is 0 Å². The average molecular weight is 260 g/mol. The van der Waals surface area contributed by atoms with Crippen LogP contribution in [0.4, 0.5) is 0 Å². The monoisotopic (exact) mass is 260 g/mol. The van der Waals surface area contributed by atoms with Crippen LogP contribution in [0.5, 0.6) is 11.5 Å². The van der Waals surface area contributed by atoms with E-state index in [2.05, 4.69) is 15.4 Å². The summed E-state index contributed by atoms with van der Waals surface area (Å²) in [5, 5.41) is 6.67. The minimum Gasteiger partial charge on any atom is -0.454 e. The van der Waals surface area contributed by atoms with Gasteiger partial charge >= 0.3 is 0 Å². The predicted molar refractivity (Wildman–Crippen MR) is 64.4 cm³/mol. The van der Waals surface area contributed by atoms with Crippen molar-refractivity contribution in [3.05, 3.63) is 36.4 Å². The Hall–Kier alpha value is -2.57. The van der Waals surface area contributed by atoms with E-state index in [9.17, 15) is 4.79 Å². The van der Waals surface area contributed by atoms with E-state index >= 15 is 0 Å². The van der Waals surface area contributed by atoms with Crippen molar-refractivity contribution in [1.29, 1.82) is 0 Å². The molecule has 0 saturated heterocycles. The Balaban J connectivity index is 1.56. The summed E-state index contributed by atoms with van der Waals surface area (Å²) in [6.07, 6.45) is 2.89. The van der Waals surface area contributed by atoms with E-state index in [0.29, 0.717) is 12.3 Å². The van der Waals surface area contributed by atoms with Gasteiger partial charge in [-0.15, -0.1) is 0 Å². The number of hydrogen-bond donors (Lipinski definition) is 1. The number of carbonyl (C=O) groups excluding carboxylic acids is 1. The van der Waals surface area contributed by atoms with Crippen LogP contribution in [-0.2, 0) is 17.9 Å². The van der Waals surface area contributed by atoms with Crippen LogP contribution in [-0.4, -0.2) is 27.5 Å². The highest BCUT2D eigenvalue weighted by Crippen LogP contribution is 2.32. The summed E-state index contributed by atoms with van der Waals surface area (Å²) < 4.78 is 12.0. The van der Waals surface area contributed by atoms with Gasteiger partial charge < -0.3 is 14.8 Å². The van der Waals surface area contributed by atoms with Crippen molar-refractivity contribution in [1.82, 2.24) is 20.1 Å². The Morgan fingerprint density at radius 3 is 3.11 bits per heavy atom. The fraction of sp³-hybridized carbons (Fsp3) is 0.250. The summed E-state index contributed by atoms with van der Waals surface area (Å²) in [5.74, 6) is 1.32. The van der Waals surface area contributed by atoms with Crippen LogP contribution < -0.4 is 14.8 Å². The average Bonchev–Trinajstić information content (AvgIpc) is 3.06. The van der Waals surface area contributed by atoms with Crippen LogP contribution in [0.25, 0.3) is 0 Å². The van der Waals surface area contributed by atoms with Gasteiger partial charge in [0.05, 0.1) is 0 Å². The van der Waals surface area contributed by atoms with Gasteiger partial charge in [0.15, 0.2) is 11.5 Å². The van der Waals surface area contributed by atoms with Crippen LogP contribution in [0, 0.1) is 0 Å². The van der Waals surface area contributed by atoms with Crippen molar-refractivity contribution in [2.24, 2.45) is 0 Å². The largest absolute Gasteiger partial charge is 0.454 e. The normalized spacial score (nSPS) is 12.4. The molecule has 0 aliphatic carbocycles. The number of benzene rings is 1. The summed E-state index contributed by atoms with van der Waals surface area (Å²) in [4.78, 5) is 15.4. The lowest BCUT2D eigenvalue weighted by atomic mass is 10.2. The van der Waals surface area contributed by atoms with Gasteiger partial charge in [-0.3, -0.25) is 4.79 Å². The number of fused-ring (bicyclic) bond motifs is 1. The number of rotatable bonds is 4. The van der Waals surface area contributed by atoms with Gasteiger partial charge in [0.2, 0.25) is 12.7 Å². The molecule has 0 fully saturated rings. The van der Waals surface area contributed by atoms with Gasteiger partial charge in [-0.25, -0.2) is 9.67 Å². The van der Waals surface area contributed by atoms with E-state index in [-0.39, 0.29) is 19.2 Å². The fourth-order valence-electron chi connectivity index (χ4n) is 1.77. The second-order valence-corrected chi connectivity index (χ2v) is 4.06. The van der Waals surface area contributed by atoms with E-state index in [4.69, 9.17) is 9.47 Å². The molecule has 1 N–H and O–H groups in total. The summed E-state index contributed by atoms with van der Waals surface area (Å²) in [6, 6.07) is 5.59. The molecule has 0 bridgehead atoms. The van der Waals surface area contributed by atoms with E-state index in [1.807, 2.05) is 18.2 Å². The lowest BCUT2D eigenvalue weighted by Crippen LogP contribution is -2.27. The first kappa shape index (κ1) is 11.5. The van der Waals surface area contributed by atoms with Crippen LogP contribution in [0.15, 0.2) is 30.9 Å². The molecule has 0 saturated carbocycles. The molecular formula is C12H12N4O3. The first-order valence-electron chi connectivity index (χ1n) is 5.79. The molecular weight excluding hydrogens is 248 g/mol. The van der Waals surface area contributed by atoms with Crippen LogP contribution >= 0.6 is 0 Å². The standard InChI is InChI=1S/C12H12N4O3/c17-12(5-16-7-13-6-15-16)14-4-9-1-2-10-11(3-9)19-8-18-10/h1-3,6-7H,4-5,8H2,(H,14,17). The first-order chi connectivity index (χ1) is 9.31. The van der Waals surface area contributed by atoms with Gasteiger partial charge in [0.25, 0.3) is 0 Å². The Labute approximate surface area is 109 Å². The maximum atomic E-state index is 11.7. The lowest BCUT2D eigenvalue weighted by Gasteiger charge is -2.06. The molecule has 2 heterocycles. The summed E-state index contributed by atoms with van der Waals surface area (Å²) in [7, 11) is 0. The van der Waals surface area contributed by atoms with Crippen molar-refractivity contribution in [2.45, 2.75) is 13.1 Å². The van der Waals surface area contributed by atoms with Crippen molar-refractivity contribution in [3.8, 4) is 11.5 Å². The summed E-state index contributed by atoms with van der Waals surface area (Å²) >= 11 is 0. The molecule has 7 nitrogen and oxygen atoms in total. The van der Waals surface area contributed by atoms with Gasteiger partial charge in [0, 0.05) is 6.54 Å². The smallest absolute Gasteiger partial charge is 0.242 e. The molecule has 1 aliphatic heterocycles. The number of ether oxygens (including phenoxy) is 2. The van der Waals surface area contributed by atoms with Crippen molar-refractivity contribution >= 4 is 5.91 Å². The molecule has 1 aromatic carbocycles. The highest BCUT2D eigenvalue weighted by atomic mass is 16.7. The molecule has 0 atom stereocenters. The molecule has 1 amide bonds. The quantitative estimate of drug-likeness (QED) is 0.856. The van der Waals surface area contributed by atoms with Gasteiger partial charge in [-0.1, -0.05) is 6.07 Å². The number of nitrogens with one attached hydrogen (secondary N) is 1. The third kappa shape index (κ3) is 2.65. The maximum Gasteiger partial charge on any atom is 0.242 e. The zero-order valence-corrected chi connectivity index (χ0v) is 10.1. The van der Waals surface area contributed by atoms with Crippen molar-refractivity contribution in [2.75, 3.05) is 6.79 Å². The van der Waals surface area contributed by atoms with Gasteiger partial charge in [-0.05, 0) is 17.7 Å². The SMILES string of the molecule is O=C(Cn1cncn1)NCc1ccc2c(c1)OCO2. The first-order valence-corrected chi connectivity index (χ1v) is 5.79. The number of aromatic nitrogens is 3. The second kappa shape index (κ2) is 4.97. The lowest BCUT2D eigenvalue weighted by molar-refractivity contribution is -0.122. The number of hydrogen-bond acceptors (Lipinski definition) is 5. The molecule has 19 heavy (non-hydrogen) atoms. The van der Waals surface area contributed by atoms with Crippen molar-refractivity contribution < 1.29 is 14.3 Å². The molecule has 2 aromatic rings. The molecule has 7 heteroatoms. The van der Waals surface area contributed by atoms with E-state index < -0.39 is 0 Å². The molecule has 0 unspecified atom stereocenters. The summed E-state index contributed by atoms with van der Waals surface area (Å²) in [5.41, 5.74) is 0.955. The van der Waals surface area contributed by atoms with E-state index in [1.165, 1.54) is 17.3 Å². The Morgan fingerprint density at radius 2 is 2.26 bits per heavy atom. The van der Waals surface area contributed by atoms with Crippen LogP contribution in [0.1, 0.15) is 5.56 Å². The Bertz CT molecular complexity index is 583. The topological polar surface area (TPSA) is 78.3 Å². The number of nitrogens with zero attached hydrogens (tertiary/aromatic N) is 3. The van der Waals surface area contributed by atoms with Gasteiger partial charge in [-0.2, -0.15) is 5.10 Å². The molecule has 98 valence electrons. The third-order valence-corrected chi connectivity index (χ3v) is 2.70. The maximum absolute atomic E-state index is 11.7. The highest BCUT2D eigenvalue weighted by molar-refractivity contribution is 5.75. The highest BCUT2D eigenvalue weighted by Gasteiger charge is 2.13. The van der Waals surface area contributed by atoms with E-state index in [0.717, 1.165) is 11.3 Å². The molecule has 3 rings (SSSR count). The second-order valence-electron chi connectivity index (χ2n) is 4.06.